The Kier molecular flexibility index (Phi) is 7.25. The first kappa shape index (κ1) is 24.9. The van der Waals surface area contributed by atoms with E-state index in [0.29, 0.717) is 30.0 Å². The molecule has 0 spiro atoms. The minimum atomic E-state index is -3.72. The van der Waals surface area contributed by atoms with E-state index >= 15 is 0 Å². The second kappa shape index (κ2) is 10.2. The van der Waals surface area contributed by atoms with Gasteiger partial charge >= 0.3 is 0 Å². The molecule has 4 rings (SSSR count). The lowest BCUT2D eigenvalue weighted by Crippen LogP contribution is -2.35. The summed E-state index contributed by atoms with van der Waals surface area (Å²) >= 11 is 0. The van der Waals surface area contributed by atoms with Crippen molar-refractivity contribution in [2.24, 2.45) is 0 Å². The van der Waals surface area contributed by atoms with Crippen LogP contribution in [0.3, 0.4) is 0 Å². The topological polar surface area (TPSA) is 104 Å². The number of hydrogen-bond acceptors (Lipinski definition) is 5. The molecule has 0 saturated carbocycles. The van der Waals surface area contributed by atoms with Crippen LogP contribution in [0.1, 0.15) is 29.6 Å². The Balaban J connectivity index is 1.43. The van der Waals surface area contributed by atoms with Crippen LogP contribution in [0.5, 0.6) is 0 Å². The Morgan fingerprint density at radius 2 is 1.37 bits per heavy atom. The van der Waals surface area contributed by atoms with Crippen LogP contribution in [0.25, 0.3) is 0 Å². The molecule has 3 aromatic carbocycles. The molecule has 1 fully saturated rings. The number of anilines is 2. The number of carbonyl (C=O) groups excluding carboxylic acids is 1. The molecule has 0 unspecified atom stereocenters. The van der Waals surface area contributed by atoms with Gasteiger partial charge in [-0.15, -0.1) is 0 Å². The van der Waals surface area contributed by atoms with Gasteiger partial charge < -0.3 is 5.32 Å². The predicted octanol–water partition coefficient (Wildman–Crippen LogP) is 3.94. The zero-order chi connectivity index (χ0) is 25.1. The van der Waals surface area contributed by atoms with E-state index in [1.165, 1.54) is 47.8 Å². The molecule has 1 saturated heterocycles. The zero-order valence-corrected chi connectivity index (χ0v) is 20.9. The number of nitrogens with zero attached hydrogens (tertiary/aromatic N) is 2. The van der Waals surface area contributed by atoms with Crippen molar-refractivity contribution in [3.8, 4) is 0 Å². The van der Waals surface area contributed by atoms with Crippen LogP contribution in [0.2, 0.25) is 0 Å². The number of piperidine rings is 1. The van der Waals surface area contributed by atoms with E-state index in [1.54, 1.807) is 42.5 Å². The lowest BCUT2D eigenvalue weighted by atomic mass is 10.2. The number of hydrogen-bond donors (Lipinski definition) is 1. The molecule has 10 heteroatoms. The van der Waals surface area contributed by atoms with Crippen molar-refractivity contribution in [3.63, 3.8) is 0 Å². The maximum atomic E-state index is 12.8. The monoisotopic (exact) mass is 513 g/mol. The molecule has 0 aromatic heterocycles. The molecular weight excluding hydrogens is 486 g/mol. The van der Waals surface area contributed by atoms with E-state index in [2.05, 4.69) is 5.32 Å². The first-order chi connectivity index (χ1) is 16.7. The molecule has 1 amide bonds. The lowest BCUT2D eigenvalue weighted by molar-refractivity contribution is 0.102. The number of sulfonamides is 2. The highest BCUT2D eigenvalue weighted by Gasteiger charge is 2.26. The van der Waals surface area contributed by atoms with Gasteiger partial charge in [-0.05, 0) is 73.5 Å². The summed E-state index contributed by atoms with van der Waals surface area (Å²) in [6.45, 7) is 1.05. The summed E-state index contributed by atoms with van der Waals surface area (Å²) in [5.74, 6) is -0.392. The van der Waals surface area contributed by atoms with Crippen molar-refractivity contribution in [1.82, 2.24) is 4.31 Å². The van der Waals surface area contributed by atoms with Gasteiger partial charge in [0.25, 0.3) is 15.9 Å². The largest absolute Gasteiger partial charge is 0.322 e. The van der Waals surface area contributed by atoms with E-state index in [9.17, 15) is 21.6 Å². The fourth-order valence-corrected chi connectivity index (χ4v) is 6.61. The van der Waals surface area contributed by atoms with Crippen molar-refractivity contribution >= 4 is 37.3 Å². The number of benzene rings is 3. The van der Waals surface area contributed by atoms with Crippen LogP contribution in [-0.4, -0.2) is 47.2 Å². The van der Waals surface area contributed by atoms with E-state index < -0.39 is 26.0 Å². The molecule has 184 valence electrons. The predicted molar refractivity (Wildman–Crippen MR) is 135 cm³/mol. The van der Waals surface area contributed by atoms with Crippen molar-refractivity contribution in [1.29, 1.82) is 0 Å². The molecule has 0 radical (unpaired) electrons. The van der Waals surface area contributed by atoms with Crippen molar-refractivity contribution in [2.45, 2.75) is 29.1 Å². The summed E-state index contributed by atoms with van der Waals surface area (Å²) in [6.07, 6.45) is 2.76. The summed E-state index contributed by atoms with van der Waals surface area (Å²) in [5, 5.41) is 2.74. The standard InChI is InChI=1S/C25H27N3O5S2/c1-27(34(30,31)23-8-4-2-5-9-23)22-14-10-20(11-15-22)25(29)26-21-12-16-24(17-13-21)35(32,33)28-18-6-3-7-19-28/h2,4-5,8-17H,3,6-7,18-19H2,1H3,(H,26,29). The normalized spacial score (nSPS) is 14.9. The van der Waals surface area contributed by atoms with E-state index in [0.717, 1.165) is 23.6 Å². The summed E-state index contributed by atoms with van der Waals surface area (Å²) < 4.78 is 53.8. The Bertz CT molecular complexity index is 1380. The Morgan fingerprint density at radius 1 is 0.771 bits per heavy atom. The SMILES string of the molecule is CN(c1ccc(C(=O)Nc2ccc(S(=O)(=O)N3CCCCC3)cc2)cc1)S(=O)(=O)c1ccccc1. The quantitative estimate of drug-likeness (QED) is 0.515. The summed E-state index contributed by atoms with van der Waals surface area (Å²) in [6, 6.07) is 20.4. The fraction of sp³-hybridized carbons (Fsp3) is 0.240. The summed E-state index contributed by atoms with van der Waals surface area (Å²) in [5.41, 5.74) is 1.21. The number of rotatable bonds is 7. The molecule has 0 atom stereocenters. The molecule has 8 nitrogen and oxygen atoms in total. The molecule has 3 aromatic rings. The maximum Gasteiger partial charge on any atom is 0.264 e. The van der Waals surface area contributed by atoms with Crippen LogP contribution >= 0.6 is 0 Å². The highest BCUT2D eigenvalue weighted by atomic mass is 32.2. The molecule has 0 aliphatic carbocycles. The van der Waals surface area contributed by atoms with Gasteiger partial charge in [-0.2, -0.15) is 4.31 Å². The molecule has 1 N–H and O–H groups in total. The highest BCUT2D eigenvalue weighted by molar-refractivity contribution is 7.92. The number of nitrogens with one attached hydrogen (secondary N) is 1. The molecule has 1 aliphatic rings. The first-order valence-electron chi connectivity index (χ1n) is 11.3. The van der Waals surface area contributed by atoms with E-state index in [1.807, 2.05) is 0 Å². The van der Waals surface area contributed by atoms with Crippen LogP contribution in [-0.2, 0) is 20.0 Å². The van der Waals surface area contributed by atoms with Crippen LogP contribution in [0, 0.1) is 0 Å². The van der Waals surface area contributed by atoms with Crippen LogP contribution in [0.15, 0.2) is 88.7 Å². The van der Waals surface area contributed by atoms with E-state index in [-0.39, 0.29) is 9.79 Å². The third kappa shape index (κ3) is 5.39. The first-order valence-corrected chi connectivity index (χ1v) is 14.1. The third-order valence-electron chi connectivity index (χ3n) is 5.96. The van der Waals surface area contributed by atoms with Crippen LogP contribution < -0.4 is 9.62 Å². The van der Waals surface area contributed by atoms with Crippen LogP contribution in [0.4, 0.5) is 11.4 Å². The average Bonchev–Trinajstić information content (AvgIpc) is 2.89. The summed E-state index contributed by atoms with van der Waals surface area (Å²) in [4.78, 5) is 13.0. The van der Waals surface area contributed by atoms with Gasteiger partial charge in [-0.3, -0.25) is 9.10 Å². The van der Waals surface area contributed by atoms with Crippen molar-refractivity contribution < 1.29 is 21.6 Å². The zero-order valence-electron chi connectivity index (χ0n) is 19.3. The Labute approximate surface area is 206 Å². The van der Waals surface area contributed by atoms with Crippen molar-refractivity contribution in [3.05, 3.63) is 84.4 Å². The van der Waals surface area contributed by atoms with Gasteiger partial charge in [-0.25, -0.2) is 16.8 Å². The Morgan fingerprint density at radius 3 is 1.97 bits per heavy atom. The van der Waals surface area contributed by atoms with Crippen molar-refractivity contribution in [2.75, 3.05) is 29.8 Å². The second-order valence-electron chi connectivity index (χ2n) is 8.28. The lowest BCUT2D eigenvalue weighted by Gasteiger charge is -2.25. The van der Waals surface area contributed by atoms with Gasteiger partial charge in [0.15, 0.2) is 0 Å². The maximum absolute atomic E-state index is 12.8. The minimum absolute atomic E-state index is 0.176. The number of carbonyl (C=O) groups is 1. The molecular formula is C25H27N3O5S2. The fourth-order valence-electron chi connectivity index (χ4n) is 3.88. The van der Waals surface area contributed by atoms with Gasteiger partial charge in [0.05, 0.1) is 15.5 Å². The van der Waals surface area contributed by atoms with Gasteiger partial charge in [0.2, 0.25) is 10.0 Å². The molecule has 1 aliphatic heterocycles. The molecule has 35 heavy (non-hydrogen) atoms. The highest BCUT2D eigenvalue weighted by Crippen LogP contribution is 2.24. The number of amides is 1. The molecule has 0 bridgehead atoms. The summed E-state index contributed by atoms with van der Waals surface area (Å²) in [7, 11) is -5.80. The van der Waals surface area contributed by atoms with E-state index in [4.69, 9.17) is 0 Å². The average molecular weight is 514 g/mol. The van der Waals surface area contributed by atoms with Gasteiger partial charge in [0.1, 0.15) is 0 Å². The third-order valence-corrected chi connectivity index (χ3v) is 9.67. The Hall–Kier alpha value is -3.21. The smallest absolute Gasteiger partial charge is 0.264 e. The van der Waals surface area contributed by atoms with Gasteiger partial charge in [0, 0.05) is 31.4 Å². The minimum Gasteiger partial charge on any atom is -0.322 e. The van der Waals surface area contributed by atoms with Gasteiger partial charge in [-0.1, -0.05) is 24.6 Å². The molecule has 1 heterocycles. The second-order valence-corrected chi connectivity index (χ2v) is 12.2.